The molecule has 3 heteroatoms. The smallest absolute Gasteiger partial charge is 0.135 e. The zero-order valence-corrected chi connectivity index (χ0v) is 16.4. The maximum atomic E-state index is 6.15. The van der Waals surface area contributed by atoms with Crippen molar-refractivity contribution in [3.05, 3.63) is 60.0 Å². The summed E-state index contributed by atoms with van der Waals surface area (Å²) in [6, 6.07) is 14.2. The summed E-state index contributed by atoms with van der Waals surface area (Å²) < 4.78 is 6.15. The molecule has 0 radical (unpaired) electrons. The molecule has 0 aliphatic heterocycles. The van der Waals surface area contributed by atoms with Crippen molar-refractivity contribution in [3.8, 4) is 11.5 Å². The number of ether oxygens (including phenoxy) is 1. The minimum absolute atomic E-state index is 0.230. The highest BCUT2D eigenvalue weighted by Gasteiger charge is 2.53. The maximum Gasteiger partial charge on any atom is 0.135 e. The molecule has 0 N–H and O–H groups in total. The second-order valence-corrected chi connectivity index (χ2v) is 9.48. The van der Waals surface area contributed by atoms with Crippen LogP contribution in [0.25, 0.3) is 10.9 Å². The standard InChI is InChI=1S/C25H26N2O/c1-16-7-20-15-26-24(25-12-17-8-18(13-25)10-19(9-17)14-25)27-22(20)11-23(16)28-21-5-3-2-4-6-21/h2-7,11,15,17-19H,8-10,12-14H2,1H3. The van der Waals surface area contributed by atoms with Gasteiger partial charge in [-0.05, 0) is 87.0 Å². The molecule has 0 amide bonds. The van der Waals surface area contributed by atoms with Crippen LogP contribution in [0, 0.1) is 24.7 Å². The topological polar surface area (TPSA) is 35.0 Å². The third-order valence-corrected chi connectivity index (χ3v) is 7.36. The first-order valence-corrected chi connectivity index (χ1v) is 10.7. The van der Waals surface area contributed by atoms with E-state index in [0.29, 0.717) is 0 Å². The second-order valence-electron chi connectivity index (χ2n) is 9.48. The highest BCUT2D eigenvalue weighted by atomic mass is 16.5. The molecule has 3 nitrogen and oxygen atoms in total. The Morgan fingerprint density at radius 3 is 2.29 bits per heavy atom. The Morgan fingerprint density at radius 2 is 1.61 bits per heavy atom. The van der Waals surface area contributed by atoms with Crippen molar-refractivity contribution in [1.82, 2.24) is 9.97 Å². The van der Waals surface area contributed by atoms with E-state index < -0.39 is 0 Å². The first-order chi connectivity index (χ1) is 13.7. The first-order valence-electron chi connectivity index (χ1n) is 10.7. The van der Waals surface area contributed by atoms with Crippen LogP contribution in [-0.2, 0) is 5.41 Å². The van der Waals surface area contributed by atoms with Gasteiger partial charge in [-0.15, -0.1) is 0 Å². The molecule has 0 atom stereocenters. The van der Waals surface area contributed by atoms with Gasteiger partial charge < -0.3 is 4.74 Å². The van der Waals surface area contributed by atoms with Crippen molar-refractivity contribution in [2.24, 2.45) is 17.8 Å². The van der Waals surface area contributed by atoms with Crippen LogP contribution < -0.4 is 4.74 Å². The lowest BCUT2D eigenvalue weighted by atomic mass is 9.49. The van der Waals surface area contributed by atoms with Crippen LogP contribution in [0.2, 0.25) is 0 Å². The number of fused-ring (bicyclic) bond motifs is 1. The van der Waals surface area contributed by atoms with Crippen LogP contribution >= 0.6 is 0 Å². The summed E-state index contributed by atoms with van der Waals surface area (Å²) >= 11 is 0. The molecule has 0 unspecified atom stereocenters. The Morgan fingerprint density at radius 1 is 0.929 bits per heavy atom. The van der Waals surface area contributed by atoms with Gasteiger partial charge in [-0.3, -0.25) is 0 Å². The van der Waals surface area contributed by atoms with E-state index in [0.717, 1.165) is 51.5 Å². The summed E-state index contributed by atoms with van der Waals surface area (Å²) in [6.07, 6.45) is 10.3. The zero-order valence-electron chi connectivity index (χ0n) is 16.4. The third kappa shape index (κ3) is 2.63. The molecule has 1 heterocycles. The van der Waals surface area contributed by atoms with E-state index in [4.69, 9.17) is 14.7 Å². The van der Waals surface area contributed by atoms with Crippen molar-refractivity contribution in [3.63, 3.8) is 0 Å². The molecule has 0 spiro atoms. The summed E-state index contributed by atoms with van der Waals surface area (Å²) in [5.74, 6) is 5.55. The fraction of sp³-hybridized carbons (Fsp3) is 0.440. The molecular formula is C25H26N2O. The molecule has 4 saturated carbocycles. The van der Waals surface area contributed by atoms with Gasteiger partial charge in [0.1, 0.15) is 17.3 Å². The van der Waals surface area contributed by atoms with Crippen LogP contribution in [0.4, 0.5) is 0 Å². The number of hydrogen-bond acceptors (Lipinski definition) is 3. The molecule has 4 aliphatic rings. The van der Waals surface area contributed by atoms with Crippen LogP contribution in [0.15, 0.2) is 48.7 Å². The maximum absolute atomic E-state index is 6.15. The summed E-state index contributed by atoms with van der Waals surface area (Å²) in [6.45, 7) is 2.09. The van der Waals surface area contributed by atoms with E-state index in [9.17, 15) is 0 Å². The van der Waals surface area contributed by atoms with Gasteiger partial charge in [-0.2, -0.15) is 0 Å². The van der Waals surface area contributed by atoms with E-state index in [1.165, 1.54) is 38.5 Å². The van der Waals surface area contributed by atoms with Crippen LogP contribution in [0.1, 0.15) is 49.9 Å². The number of aromatic nitrogens is 2. The lowest BCUT2D eigenvalue weighted by Crippen LogP contribution is -2.49. The van der Waals surface area contributed by atoms with Gasteiger partial charge in [-0.25, -0.2) is 9.97 Å². The number of nitrogens with zero attached hydrogens (tertiary/aromatic N) is 2. The van der Waals surface area contributed by atoms with Crippen molar-refractivity contribution < 1.29 is 4.74 Å². The average Bonchev–Trinajstić information content (AvgIpc) is 2.68. The highest BCUT2D eigenvalue weighted by Crippen LogP contribution is 2.60. The SMILES string of the molecule is Cc1cc2cnc(C34CC5CC(CC(C5)C3)C4)nc2cc1Oc1ccccc1. The third-order valence-electron chi connectivity index (χ3n) is 7.36. The fourth-order valence-electron chi connectivity index (χ4n) is 6.54. The predicted octanol–water partition coefficient (Wildman–Crippen LogP) is 6.20. The zero-order chi connectivity index (χ0) is 18.7. The van der Waals surface area contributed by atoms with Gasteiger partial charge in [0.25, 0.3) is 0 Å². The monoisotopic (exact) mass is 370 g/mol. The molecule has 142 valence electrons. The van der Waals surface area contributed by atoms with E-state index >= 15 is 0 Å². The first kappa shape index (κ1) is 16.5. The Hall–Kier alpha value is -2.42. The normalized spacial score (nSPS) is 30.7. The van der Waals surface area contributed by atoms with Crippen molar-refractivity contribution in [1.29, 1.82) is 0 Å². The molecule has 4 fully saturated rings. The van der Waals surface area contributed by atoms with Gasteiger partial charge in [0, 0.05) is 23.1 Å². The van der Waals surface area contributed by atoms with Crippen molar-refractivity contribution in [2.45, 2.75) is 50.9 Å². The van der Waals surface area contributed by atoms with Crippen molar-refractivity contribution in [2.75, 3.05) is 0 Å². The van der Waals surface area contributed by atoms with E-state index in [1.54, 1.807) is 0 Å². The van der Waals surface area contributed by atoms with E-state index in [2.05, 4.69) is 19.1 Å². The lowest BCUT2D eigenvalue weighted by molar-refractivity contribution is -0.00923. The molecule has 7 rings (SSSR count). The van der Waals surface area contributed by atoms with Crippen LogP contribution in [0.5, 0.6) is 11.5 Å². The minimum Gasteiger partial charge on any atom is -0.457 e. The molecule has 3 aromatic rings. The van der Waals surface area contributed by atoms with E-state index in [1.807, 2.05) is 36.5 Å². The van der Waals surface area contributed by atoms with Gasteiger partial charge in [-0.1, -0.05) is 18.2 Å². The Bertz CT molecular complexity index is 1010. The summed E-state index contributed by atoms with van der Waals surface area (Å²) in [7, 11) is 0. The molecule has 1 aromatic heterocycles. The van der Waals surface area contributed by atoms with Gasteiger partial charge in [0.2, 0.25) is 0 Å². The number of para-hydroxylation sites is 1. The van der Waals surface area contributed by atoms with Crippen molar-refractivity contribution >= 4 is 10.9 Å². The second kappa shape index (κ2) is 6.04. The largest absolute Gasteiger partial charge is 0.457 e. The fourth-order valence-corrected chi connectivity index (χ4v) is 6.54. The Balaban J connectivity index is 1.40. The molecule has 4 aliphatic carbocycles. The Labute approximate surface area is 166 Å². The Kier molecular flexibility index (Phi) is 3.56. The quantitative estimate of drug-likeness (QED) is 0.551. The highest BCUT2D eigenvalue weighted by molar-refractivity contribution is 5.80. The summed E-state index contributed by atoms with van der Waals surface area (Å²) in [5.41, 5.74) is 2.36. The van der Waals surface area contributed by atoms with E-state index in [-0.39, 0.29) is 5.41 Å². The van der Waals surface area contributed by atoms with Crippen LogP contribution in [0.3, 0.4) is 0 Å². The average molecular weight is 370 g/mol. The molecule has 4 bridgehead atoms. The molecule has 28 heavy (non-hydrogen) atoms. The minimum atomic E-state index is 0.230. The number of rotatable bonds is 3. The van der Waals surface area contributed by atoms with Crippen LogP contribution in [-0.4, -0.2) is 9.97 Å². The predicted molar refractivity (Wildman–Crippen MR) is 111 cm³/mol. The van der Waals surface area contributed by atoms with Gasteiger partial charge in [0.05, 0.1) is 5.52 Å². The summed E-state index contributed by atoms with van der Waals surface area (Å²) in [4.78, 5) is 10.0. The number of aryl methyl sites for hydroxylation is 1. The molecule has 0 saturated heterocycles. The molecular weight excluding hydrogens is 344 g/mol. The van der Waals surface area contributed by atoms with Gasteiger partial charge >= 0.3 is 0 Å². The summed E-state index contributed by atoms with van der Waals surface area (Å²) in [5, 5.41) is 1.10. The molecule has 2 aromatic carbocycles. The lowest BCUT2D eigenvalue weighted by Gasteiger charge is -2.55. The number of hydrogen-bond donors (Lipinski definition) is 0. The number of benzene rings is 2. The van der Waals surface area contributed by atoms with Gasteiger partial charge in [0.15, 0.2) is 0 Å².